The molecular formula is C21H19FN4O3. The lowest BCUT2D eigenvalue weighted by Crippen LogP contribution is -2.19. The van der Waals surface area contributed by atoms with Gasteiger partial charge in [0.15, 0.2) is 0 Å². The lowest BCUT2D eigenvalue weighted by atomic mass is 10.1. The van der Waals surface area contributed by atoms with Crippen LogP contribution in [-0.4, -0.2) is 21.6 Å². The number of non-ortho nitro benzene ring substituents is 1. The molecule has 1 heterocycles. The Morgan fingerprint density at radius 3 is 2.45 bits per heavy atom. The smallest absolute Gasteiger partial charge is 0.269 e. The molecule has 3 rings (SSSR count). The molecule has 0 aliphatic rings. The van der Waals surface area contributed by atoms with Crippen LogP contribution in [0.4, 0.5) is 10.1 Å². The molecule has 0 fully saturated rings. The Labute approximate surface area is 166 Å². The Hall–Kier alpha value is -3.81. The zero-order valence-electron chi connectivity index (χ0n) is 15.9. The average molecular weight is 394 g/mol. The third-order valence-corrected chi connectivity index (χ3v) is 4.46. The molecule has 7 nitrogen and oxygen atoms in total. The van der Waals surface area contributed by atoms with Gasteiger partial charge in [0.2, 0.25) is 5.91 Å². The average Bonchev–Trinajstić information content (AvgIpc) is 2.96. The molecule has 0 aliphatic carbocycles. The lowest BCUT2D eigenvalue weighted by molar-refractivity contribution is -0.384. The maximum atomic E-state index is 13.2. The van der Waals surface area contributed by atoms with E-state index >= 15 is 0 Å². The molecule has 0 atom stereocenters. The number of aromatic nitrogens is 1. The Bertz CT molecular complexity index is 1070. The van der Waals surface area contributed by atoms with Gasteiger partial charge >= 0.3 is 0 Å². The van der Waals surface area contributed by atoms with E-state index in [0.29, 0.717) is 5.56 Å². The first-order valence-corrected chi connectivity index (χ1v) is 8.85. The maximum absolute atomic E-state index is 13.2. The Morgan fingerprint density at radius 1 is 1.17 bits per heavy atom. The Balaban J connectivity index is 1.65. The zero-order valence-corrected chi connectivity index (χ0v) is 15.9. The van der Waals surface area contributed by atoms with Gasteiger partial charge in [0.25, 0.3) is 5.69 Å². The van der Waals surface area contributed by atoms with Crippen molar-refractivity contribution in [2.45, 2.75) is 20.3 Å². The second-order valence-corrected chi connectivity index (χ2v) is 6.53. The summed E-state index contributed by atoms with van der Waals surface area (Å²) in [6.45, 7) is 3.84. The molecule has 0 spiro atoms. The summed E-state index contributed by atoms with van der Waals surface area (Å²) in [6, 6.07) is 13.9. The molecule has 0 bridgehead atoms. The molecule has 0 unspecified atom stereocenters. The predicted octanol–water partition coefficient (Wildman–Crippen LogP) is 3.83. The molecule has 1 N–H and O–H groups in total. The van der Waals surface area contributed by atoms with E-state index in [1.165, 1.54) is 36.4 Å². The summed E-state index contributed by atoms with van der Waals surface area (Å²) in [5.74, 6) is -0.629. The van der Waals surface area contributed by atoms with Crippen LogP contribution in [0.2, 0.25) is 0 Å². The third-order valence-electron chi connectivity index (χ3n) is 4.46. The van der Waals surface area contributed by atoms with Crippen LogP contribution in [0.5, 0.6) is 0 Å². The summed E-state index contributed by atoms with van der Waals surface area (Å²) in [5, 5.41) is 14.7. The van der Waals surface area contributed by atoms with Gasteiger partial charge in [0.05, 0.1) is 17.6 Å². The summed E-state index contributed by atoms with van der Waals surface area (Å²) < 4.78 is 15.1. The number of carbonyl (C=O) groups excluding carboxylic acids is 1. The molecule has 2 aromatic carbocycles. The number of carbonyl (C=O) groups is 1. The molecule has 0 aliphatic heterocycles. The minimum Gasteiger partial charge on any atom is -0.318 e. The first-order valence-electron chi connectivity index (χ1n) is 8.85. The van der Waals surface area contributed by atoms with E-state index in [1.807, 2.05) is 24.5 Å². The number of nitro groups is 1. The number of amides is 1. The highest BCUT2D eigenvalue weighted by atomic mass is 19.1. The SMILES string of the molecule is Cc1cc(/C=N\NC(=O)Cc2ccc([N+](=O)[O-])cc2)c(C)n1-c1ccc(F)cc1. The summed E-state index contributed by atoms with van der Waals surface area (Å²) in [7, 11) is 0. The van der Waals surface area contributed by atoms with Crippen molar-refractivity contribution in [3.8, 4) is 5.69 Å². The number of nitro benzene ring substituents is 1. The van der Waals surface area contributed by atoms with Crippen LogP contribution in [0.25, 0.3) is 5.69 Å². The number of rotatable bonds is 6. The second-order valence-electron chi connectivity index (χ2n) is 6.53. The Kier molecular flexibility index (Phi) is 5.82. The van der Waals surface area contributed by atoms with Gasteiger partial charge in [-0.1, -0.05) is 12.1 Å². The quantitative estimate of drug-likeness (QED) is 0.391. The number of hydrogen-bond acceptors (Lipinski definition) is 4. The van der Waals surface area contributed by atoms with Crippen LogP contribution in [0, 0.1) is 29.8 Å². The van der Waals surface area contributed by atoms with Crippen LogP contribution < -0.4 is 5.43 Å². The molecule has 0 saturated heterocycles. The maximum Gasteiger partial charge on any atom is 0.269 e. The Morgan fingerprint density at radius 2 is 1.83 bits per heavy atom. The summed E-state index contributed by atoms with van der Waals surface area (Å²) in [6.07, 6.45) is 1.61. The number of benzene rings is 2. The van der Waals surface area contributed by atoms with Crippen molar-refractivity contribution in [3.05, 3.63) is 93.0 Å². The van der Waals surface area contributed by atoms with Crippen molar-refractivity contribution in [1.82, 2.24) is 9.99 Å². The molecule has 3 aromatic rings. The predicted molar refractivity (Wildman–Crippen MR) is 108 cm³/mol. The highest BCUT2D eigenvalue weighted by molar-refractivity contribution is 5.84. The van der Waals surface area contributed by atoms with Gasteiger partial charge in [-0.2, -0.15) is 5.10 Å². The van der Waals surface area contributed by atoms with Gasteiger partial charge < -0.3 is 4.57 Å². The van der Waals surface area contributed by atoms with Crippen LogP contribution in [0.15, 0.2) is 59.7 Å². The molecule has 148 valence electrons. The van der Waals surface area contributed by atoms with Crippen LogP contribution in [-0.2, 0) is 11.2 Å². The minimum absolute atomic E-state index is 0.0244. The molecule has 1 amide bonds. The first kappa shape index (κ1) is 19.9. The van der Waals surface area contributed by atoms with E-state index < -0.39 is 4.92 Å². The van der Waals surface area contributed by atoms with Crippen LogP contribution >= 0.6 is 0 Å². The number of hydrogen-bond donors (Lipinski definition) is 1. The first-order chi connectivity index (χ1) is 13.8. The third kappa shape index (κ3) is 4.73. The number of nitrogens with zero attached hydrogens (tertiary/aromatic N) is 3. The van der Waals surface area contributed by atoms with Gasteiger partial charge in [0, 0.05) is 34.8 Å². The topological polar surface area (TPSA) is 89.5 Å². The van der Waals surface area contributed by atoms with Crippen molar-refractivity contribution < 1.29 is 14.1 Å². The number of nitrogens with one attached hydrogen (secondary N) is 1. The molecule has 0 radical (unpaired) electrons. The molecular weight excluding hydrogens is 375 g/mol. The lowest BCUT2D eigenvalue weighted by Gasteiger charge is -2.09. The van der Waals surface area contributed by atoms with E-state index in [0.717, 1.165) is 22.6 Å². The molecule has 8 heteroatoms. The standard InChI is InChI=1S/C21H19FN4O3/c1-14-11-17(15(2)25(14)19-9-5-18(22)6-10-19)13-23-24-21(27)12-16-3-7-20(8-4-16)26(28)29/h3-11,13H,12H2,1-2H3,(H,24,27)/b23-13-. The summed E-state index contributed by atoms with van der Waals surface area (Å²) >= 11 is 0. The van der Waals surface area contributed by atoms with Crippen molar-refractivity contribution >= 4 is 17.8 Å². The number of aryl methyl sites for hydroxylation is 1. The number of halogens is 1. The van der Waals surface area contributed by atoms with E-state index in [1.54, 1.807) is 18.3 Å². The van der Waals surface area contributed by atoms with Crippen molar-refractivity contribution in [3.63, 3.8) is 0 Å². The fraction of sp³-hybridized carbons (Fsp3) is 0.143. The van der Waals surface area contributed by atoms with Gasteiger partial charge in [-0.25, -0.2) is 9.82 Å². The van der Waals surface area contributed by atoms with Gasteiger partial charge in [-0.05, 0) is 49.7 Å². The molecule has 0 saturated carbocycles. The van der Waals surface area contributed by atoms with Gasteiger partial charge in [-0.3, -0.25) is 14.9 Å². The molecule has 1 aromatic heterocycles. The van der Waals surface area contributed by atoms with Crippen molar-refractivity contribution in [2.24, 2.45) is 5.10 Å². The van der Waals surface area contributed by atoms with Gasteiger partial charge in [0.1, 0.15) is 5.82 Å². The molecule has 29 heavy (non-hydrogen) atoms. The zero-order chi connectivity index (χ0) is 21.0. The van der Waals surface area contributed by atoms with Crippen LogP contribution in [0.3, 0.4) is 0 Å². The van der Waals surface area contributed by atoms with E-state index in [4.69, 9.17) is 0 Å². The normalized spacial score (nSPS) is 11.0. The van der Waals surface area contributed by atoms with Gasteiger partial charge in [-0.15, -0.1) is 0 Å². The van der Waals surface area contributed by atoms with Crippen molar-refractivity contribution in [1.29, 1.82) is 0 Å². The summed E-state index contributed by atoms with van der Waals surface area (Å²) in [4.78, 5) is 22.2. The van der Waals surface area contributed by atoms with E-state index in [-0.39, 0.29) is 23.8 Å². The summed E-state index contributed by atoms with van der Waals surface area (Å²) in [5.41, 5.74) is 6.60. The van der Waals surface area contributed by atoms with Crippen molar-refractivity contribution in [2.75, 3.05) is 0 Å². The fourth-order valence-corrected chi connectivity index (χ4v) is 3.04. The van der Waals surface area contributed by atoms with E-state index in [9.17, 15) is 19.3 Å². The monoisotopic (exact) mass is 394 g/mol. The number of hydrazone groups is 1. The second kappa shape index (κ2) is 8.47. The van der Waals surface area contributed by atoms with Crippen LogP contribution in [0.1, 0.15) is 22.5 Å². The van der Waals surface area contributed by atoms with E-state index in [2.05, 4.69) is 10.5 Å². The largest absolute Gasteiger partial charge is 0.318 e. The highest BCUT2D eigenvalue weighted by Crippen LogP contribution is 2.20. The minimum atomic E-state index is -0.490. The highest BCUT2D eigenvalue weighted by Gasteiger charge is 2.10. The fourth-order valence-electron chi connectivity index (χ4n) is 3.04.